The Labute approximate surface area is 174 Å². The molecule has 1 N–H and O–H groups in total. The maximum absolute atomic E-state index is 12.5. The highest BCUT2D eigenvalue weighted by Crippen LogP contribution is 2.29. The summed E-state index contributed by atoms with van der Waals surface area (Å²) < 4.78 is 11.8. The molecule has 0 radical (unpaired) electrons. The van der Waals surface area contributed by atoms with Gasteiger partial charge in [-0.15, -0.1) is 0 Å². The first-order valence-electron chi connectivity index (χ1n) is 8.35. The van der Waals surface area contributed by atoms with Gasteiger partial charge in [-0.2, -0.15) is 0 Å². The van der Waals surface area contributed by atoms with Crippen molar-refractivity contribution in [3.05, 3.63) is 75.7 Å². The van der Waals surface area contributed by atoms with E-state index in [2.05, 4.69) is 26.2 Å². The molecule has 7 heteroatoms. The van der Waals surface area contributed by atoms with Gasteiger partial charge in [-0.05, 0) is 54.6 Å². The number of benzene rings is 3. The van der Waals surface area contributed by atoms with Crippen LogP contribution < -0.4 is 10.1 Å². The molecule has 0 saturated carbocycles. The van der Waals surface area contributed by atoms with Gasteiger partial charge in [0.15, 0.2) is 5.58 Å². The van der Waals surface area contributed by atoms with Crippen LogP contribution >= 0.6 is 27.5 Å². The first kappa shape index (κ1) is 18.5. The van der Waals surface area contributed by atoms with Crippen molar-refractivity contribution in [2.24, 2.45) is 0 Å². The fraction of sp³-hybridized carbons (Fsp3) is 0.0476. The average molecular weight is 458 g/mol. The number of fused-ring (bicyclic) bond motifs is 1. The Kier molecular flexibility index (Phi) is 5.07. The summed E-state index contributed by atoms with van der Waals surface area (Å²) in [6.07, 6.45) is 0. The number of carbonyl (C=O) groups is 1. The third kappa shape index (κ3) is 3.74. The van der Waals surface area contributed by atoms with Crippen LogP contribution in [0.4, 0.5) is 5.69 Å². The first-order valence-corrected chi connectivity index (χ1v) is 9.52. The van der Waals surface area contributed by atoms with Crippen molar-refractivity contribution in [3.8, 4) is 17.2 Å². The Bertz CT molecular complexity index is 1190. The summed E-state index contributed by atoms with van der Waals surface area (Å²) in [5.41, 5.74) is 3.04. The van der Waals surface area contributed by atoms with Gasteiger partial charge in [0, 0.05) is 15.7 Å². The summed E-state index contributed by atoms with van der Waals surface area (Å²) in [6.45, 7) is 0. The summed E-state index contributed by atoms with van der Waals surface area (Å²) in [5.74, 6) is 0.896. The van der Waals surface area contributed by atoms with Crippen LogP contribution in [0.2, 0.25) is 5.02 Å². The fourth-order valence-corrected chi connectivity index (χ4v) is 3.32. The Morgan fingerprint density at radius 3 is 2.82 bits per heavy atom. The molecule has 140 valence electrons. The predicted molar refractivity (Wildman–Crippen MR) is 113 cm³/mol. The molecule has 0 unspecified atom stereocenters. The van der Waals surface area contributed by atoms with Crippen molar-refractivity contribution in [3.63, 3.8) is 0 Å². The molecule has 0 aliphatic carbocycles. The Hall–Kier alpha value is -2.83. The van der Waals surface area contributed by atoms with Crippen LogP contribution in [0.3, 0.4) is 0 Å². The van der Waals surface area contributed by atoms with Crippen LogP contribution in [0, 0.1) is 0 Å². The quantitative estimate of drug-likeness (QED) is 0.398. The van der Waals surface area contributed by atoms with Gasteiger partial charge < -0.3 is 14.5 Å². The standard InChI is InChI=1S/C21H14BrClN2O3/c1-27-15-4-2-3-12(9-15)21-25-18-11-14(6-8-19(18)28-21)24-20(26)16-10-13(22)5-7-17(16)23/h2-11H,1H3,(H,24,26). The number of amides is 1. The summed E-state index contributed by atoms with van der Waals surface area (Å²) in [5, 5.41) is 3.22. The number of anilines is 1. The minimum atomic E-state index is -0.304. The van der Waals surface area contributed by atoms with Crippen molar-refractivity contribution in [2.75, 3.05) is 12.4 Å². The molecule has 1 amide bonds. The molecule has 1 aromatic heterocycles. The van der Waals surface area contributed by atoms with E-state index in [1.807, 2.05) is 24.3 Å². The number of hydrogen-bond donors (Lipinski definition) is 1. The van der Waals surface area contributed by atoms with Crippen LogP contribution in [0.1, 0.15) is 10.4 Å². The van der Waals surface area contributed by atoms with Crippen LogP contribution in [0.5, 0.6) is 5.75 Å². The fourth-order valence-electron chi connectivity index (χ4n) is 2.75. The summed E-state index contributed by atoms with van der Waals surface area (Å²) in [4.78, 5) is 17.1. The minimum Gasteiger partial charge on any atom is -0.497 e. The lowest BCUT2D eigenvalue weighted by atomic mass is 10.2. The van der Waals surface area contributed by atoms with Gasteiger partial charge in [0.2, 0.25) is 5.89 Å². The van der Waals surface area contributed by atoms with Crippen molar-refractivity contribution < 1.29 is 13.9 Å². The topological polar surface area (TPSA) is 64.4 Å². The SMILES string of the molecule is COc1cccc(-c2nc3cc(NC(=O)c4cc(Br)ccc4Cl)ccc3o2)c1. The highest BCUT2D eigenvalue weighted by Gasteiger charge is 2.13. The zero-order valence-electron chi connectivity index (χ0n) is 14.7. The molecule has 4 rings (SSSR count). The molecule has 5 nitrogen and oxygen atoms in total. The van der Waals surface area contributed by atoms with E-state index in [9.17, 15) is 4.79 Å². The number of rotatable bonds is 4. The smallest absolute Gasteiger partial charge is 0.257 e. The number of nitrogens with zero attached hydrogens (tertiary/aromatic N) is 1. The number of methoxy groups -OCH3 is 1. The number of ether oxygens (including phenoxy) is 1. The molecule has 0 aliphatic rings. The second kappa shape index (κ2) is 7.66. The average Bonchev–Trinajstić information content (AvgIpc) is 3.13. The third-order valence-corrected chi connectivity index (χ3v) is 4.96. The van der Waals surface area contributed by atoms with E-state index < -0.39 is 0 Å². The highest BCUT2D eigenvalue weighted by atomic mass is 79.9. The molecule has 28 heavy (non-hydrogen) atoms. The molecular formula is C21H14BrClN2O3. The molecule has 4 aromatic rings. The first-order chi connectivity index (χ1) is 13.5. The maximum Gasteiger partial charge on any atom is 0.257 e. The van der Waals surface area contributed by atoms with Crippen molar-refractivity contribution in [1.82, 2.24) is 4.98 Å². The summed E-state index contributed by atoms with van der Waals surface area (Å²) in [6, 6.07) is 17.9. The second-order valence-corrected chi connectivity index (χ2v) is 7.33. The van der Waals surface area contributed by atoms with E-state index in [-0.39, 0.29) is 5.91 Å². The van der Waals surface area contributed by atoms with Crippen molar-refractivity contribution in [2.45, 2.75) is 0 Å². The molecule has 1 heterocycles. The Morgan fingerprint density at radius 1 is 1.14 bits per heavy atom. The summed E-state index contributed by atoms with van der Waals surface area (Å²) in [7, 11) is 1.61. The van der Waals surface area contributed by atoms with Crippen LogP contribution in [0.25, 0.3) is 22.6 Å². The largest absolute Gasteiger partial charge is 0.497 e. The lowest BCUT2D eigenvalue weighted by Gasteiger charge is -2.07. The van der Waals surface area contributed by atoms with Gasteiger partial charge in [-0.1, -0.05) is 33.6 Å². The Morgan fingerprint density at radius 2 is 2.00 bits per heavy atom. The second-order valence-electron chi connectivity index (χ2n) is 6.01. The Balaban J connectivity index is 1.63. The molecular weight excluding hydrogens is 444 g/mol. The van der Waals surface area contributed by atoms with E-state index >= 15 is 0 Å². The minimum absolute atomic E-state index is 0.304. The van der Waals surface area contributed by atoms with Gasteiger partial charge >= 0.3 is 0 Å². The van der Waals surface area contributed by atoms with Gasteiger partial charge in [-0.3, -0.25) is 4.79 Å². The van der Waals surface area contributed by atoms with Crippen molar-refractivity contribution in [1.29, 1.82) is 0 Å². The monoisotopic (exact) mass is 456 g/mol. The number of aromatic nitrogens is 1. The third-order valence-electron chi connectivity index (χ3n) is 4.14. The van der Waals surface area contributed by atoms with E-state index in [1.165, 1.54) is 0 Å². The van der Waals surface area contributed by atoms with Crippen LogP contribution in [-0.2, 0) is 0 Å². The molecule has 0 fully saturated rings. The molecule has 0 aliphatic heterocycles. The van der Waals surface area contributed by atoms with E-state index in [4.69, 9.17) is 20.8 Å². The van der Waals surface area contributed by atoms with Gasteiger partial charge in [0.25, 0.3) is 5.91 Å². The van der Waals surface area contributed by atoms with Crippen molar-refractivity contribution >= 4 is 50.2 Å². The lowest BCUT2D eigenvalue weighted by molar-refractivity contribution is 0.102. The number of carbonyl (C=O) groups excluding carboxylic acids is 1. The number of oxazole rings is 1. The number of halogens is 2. The zero-order valence-corrected chi connectivity index (χ0v) is 17.0. The summed E-state index contributed by atoms with van der Waals surface area (Å²) >= 11 is 9.48. The van der Waals surface area contributed by atoms with Gasteiger partial charge in [-0.25, -0.2) is 4.98 Å². The van der Waals surface area contributed by atoms with E-state index in [1.54, 1.807) is 43.5 Å². The highest BCUT2D eigenvalue weighted by molar-refractivity contribution is 9.10. The van der Waals surface area contributed by atoms with E-state index in [0.717, 1.165) is 15.8 Å². The molecule has 0 saturated heterocycles. The normalized spacial score (nSPS) is 10.8. The van der Waals surface area contributed by atoms with Gasteiger partial charge in [0.1, 0.15) is 11.3 Å². The zero-order chi connectivity index (χ0) is 19.7. The van der Waals surface area contributed by atoms with Crippen LogP contribution in [0.15, 0.2) is 69.6 Å². The van der Waals surface area contributed by atoms with E-state index in [0.29, 0.717) is 33.3 Å². The lowest BCUT2D eigenvalue weighted by Crippen LogP contribution is -2.12. The van der Waals surface area contributed by atoms with Gasteiger partial charge in [0.05, 0.1) is 17.7 Å². The number of nitrogens with one attached hydrogen (secondary N) is 1. The molecule has 3 aromatic carbocycles. The molecule has 0 spiro atoms. The predicted octanol–water partition coefficient (Wildman–Crippen LogP) is 6.17. The van der Waals surface area contributed by atoms with Crippen LogP contribution in [-0.4, -0.2) is 18.0 Å². The molecule has 0 bridgehead atoms. The number of hydrogen-bond acceptors (Lipinski definition) is 4. The maximum atomic E-state index is 12.5. The molecule has 0 atom stereocenters.